The van der Waals surface area contributed by atoms with Gasteiger partial charge >= 0.3 is 0 Å². The van der Waals surface area contributed by atoms with E-state index in [0.29, 0.717) is 11.6 Å². The highest BCUT2D eigenvalue weighted by atomic mass is 15.2. The van der Waals surface area contributed by atoms with Crippen molar-refractivity contribution in [2.45, 2.75) is 20.3 Å². The molecule has 0 atom stereocenters. The Morgan fingerprint density at radius 2 is 2.18 bits per heavy atom. The van der Waals surface area contributed by atoms with Crippen LogP contribution in [-0.4, -0.2) is 33.8 Å². The first-order chi connectivity index (χ1) is 8.08. The summed E-state index contributed by atoms with van der Waals surface area (Å²) in [5.74, 6) is 1.77. The smallest absolute Gasteiger partial charge is 0.224 e. The van der Waals surface area contributed by atoms with Crippen LogP contribution in [0.2, 0.25) is 0 Å². The Hall–Kier alpha value is -1.85. The van der Waals surface area contributed by atoms with Crippen LogP contribution >= 0.6 is 0 Å². The molecule has 0 amide bonds. The summed E-state index contributed by atoms with van der Waals surface area (Å²) < 4.78 is 0. The number of fused-ring (bicyclic) bond motifs is 1. The summed E-state index contributed by atoms with van der Waals surface area (Å²) >= 11 is 0. The summed E-state index contributed by atoms with van der Waals surface area (Å²) in [6.07, 6.45) is 2.84. The van der Waals surface area contributed by atoms with Crippen LogP contribution < -0.4 is 10.6 Å². The molecule has 17 heavy (non-hydrogen) atoms. The number of nitrogen functional groups attached to an aromatic ring is 1. The number of aromatic amines is 1. The Kier molecular flexibility index (Phi) is 3.12. The lowest BCUT2D eigenvalue weighted by Crippen LogP contribution is -2.21. The Morgan fingerprint density at radius 3 is 2.88 bits per heavy atom. The number of nitrogens with two attached hydrogens (primary N) is 1. The number of anilines is 2. The van der Waals surface area contributed by atoms with Gasteiger partial charge in [0.1, 0.15) is 5.82 Å². The van der Waals surface area contributed by atoms with E-state index in [9.17, 15) is 0 Å². The molecule has 0 unspecified atom stereocenters. The fraction of sp³-hybridized carbons (Fsp3) is 0.545. The van der Waals surface area contributed by atoms with E-state index in [1.165, 1.54) is 0 Å². The van der Waals surface area contributed by atoms with Crippen LogP contribution in [0.25, 0.3) is 11.0 Å². The van der Waals surface area contributed by atoms with E-state index < -0.39 is 0 Å². The van der Waals surface area contributed by atoms with Crippen LogP contribution in [0, 0.1) is 5.92 Å². The average molecular weight is 234 g/mol. The zero-order valence-electron chi connectivity index (χ0n) is 10.4. The van der Waals surface area contributed by atoms with Gasteiger partial charge in [-0.3, -0.25) is 5.10 Å². The molecule has 0 bridgehead atoms. The lowest BCUT2D eigenvalue weighted by molar-refractivity contribution is 0.584. The summed E-state index contributed by atoms with van der Waals surface area (Å²) in [4.78, 5) is 10.5. The van der Waals surface area contributed by atoms with Crippen molar-refractivity contribution in [3.63, 3.8) is 0 Å². The first kappa shape index (κ1) is 11.6. The lowest BCUT2D eigenvalue weighted by Gasteiger charge is -2.19. The third-order valence-electron chi connectivity index (χ3n) is 2.71. The second-order valence-corrected chi connectivity index (χ2v) is 4.64. The molecule has 0 spiro atoms. The first-order valence-corrected chi connectivity index (χ1v) is 5.75. The zero-order valence-corrected chi connectivity index (χ0v) is 10.4. The van der Waals surface area contributed by atoms with Gasteiger partial charge in [-0.15, -0.1) is 0 Å². The second-order valence-electron chi connectivity index (χ2n) is 4.64. The predicted octanol–water partition coefficient (Wildman–Crippen LogP) is 1.42. The fourth-order valence-corrected chi connectivity index (χ4v) is 1.69. The Labute approximate surface area is 100 Å². The molecule has 0 fully saturated rings. The molecular weight excluding hydrogens is 216 g/mol. The van der Waals surface area contributed by atoms with Gasteiger partial charge in [-0.1, -0.05) is 13.8 Å². The number of hydrogen-bond acceptors (Lipinski definition) is 5. The molecule has 92 valence electrons. The molecule has 0 aliphatic rings. The third-order valence-corrected chi connectivity index (χ3v) is 2.71. The van der Waals surface area contributed by atoms with Crippen molar-refractivity contribution >= 4 is 22.8 Å². The zero-order chi connectivity index (χ0) is 12.4. The van der Waals surface area contributed by atoms with Crippen molar-refractivity contribution in [1.29, 1.82) is 0 Å². The van der Waals surface area contributed by atoms with Gasteiger partial charge in [0.2, 0.25) is 5.95 Å². The van der Waals surface area contributed by atoms with Gasteiger partial charge in [0.05, 0.1) is 11.6 Å². The molecule has 2 heterocycles. The number of H-pyrrole nitrogens is 1. The molecular formula is C11H18N6. The van der Waals surface area contributed by atoms with Crippen molar-refractivity contribution in [2.75, 3.05) is 24.2 Å². The minimum atomic E-state index is 0.271. The van der Waals surface area contributed by atoms with Gasteiger partial charge in [-0.05, 0) is 12.3 Å². The van der Waals surface area contributed by atoms with Crippen molar-refractivity contribution in [1.82, 2.24) is 20.2 Å². The normalized spacial score (nSPS) is 11.3. The Morgan fingerprint density at radius 1 is 1.41 bits per heavy atom. The predicted molar refractivity (Wildman–Crippen MR) is 68.8 cm³/mol. The van der Waals surface area contributed by atoms with E-state index >= 15 is 0 Å². The van der Waals surface area contributed by atoms with Crippen LogP contribution in [-0.2, 0) is 0 Å². The SMILES string of the molecule is CC(C)CCN(C)c1nc(N)nc2[nH]ncc12. The summed E-state index contributed by atoms with van der Waals surface area (Å²) in [6.45, 7) is 5.35. The van der Waals surface area contributed by atoms with Crippen molar-refractivity contribution in [3.05, 3.63) is 6.20 Å². The molecule has 2 rings (SSSR count). The second kappa shape index (κ2) is 4.57. The average Bonchev–Trinajstić information content (AvgIpc) is 2.72. The monoisotopic (exact) mass is 234 g/mol. The summed E-state index contributed by atoms with van der Waals surface area (Å²) in [6, 6.07) is 0. The van der Waals surface area contributed by atoms with Gasteiger partial charge in [0, 0.05) is 13.6 Å². The van der Waals surface area contributed by atoms with E-state index in [-0.39, 0.29) is 5.95 Å². The molecule has 0 radical (unpaired) electrons. The standard InChI is InChI=1S/C11H18N6/c1-7(2)4-5-17(3)10-8-6-13-16-9(8)14-11(12)15-10/h6-7H,4-5H2,1-3H3,(H3,12,13,14,15,16). The topological polar surface area (TPSA) is 83.7 Å². The quantitative estimate of drug-likeness (QED) is 0.835. The molecule has 0 saturated heterocycles. The van der Waals surface area contributed by atoms with Crippen LogP contribution in [0.4, 0.5) is 11.8 Å². The number of nitrogens with one attached hydrogen (secondary N) is 1. The minimum absolute atomic E-state index is 0.271. The van der Waals surface area contributed by atoms with E-state index in [1.54, 1.807) is 6.20 Å². The Bertz CT molecular complexity index is 504. The number of rotatable bonds is 4. The van der Waals surface area contributed by atoms with Crippen molar-refractivity contribution in [3.8, 4) is 0 Å². The molecule has 0 saturated carbocycles. The Balaban J connectivity index is 2.30. The summed E-state index contributed by atoms with van der Waals surface area (Å²) in [5.41, 5.74) is 6.37. The highest BCUT2D eigenvalue weighted by Gasteiger charge is 2.12. The molecule has 6 heteroatoms. The highest BCUT2D eigenvalue weighted by Crippen LogP contribution is 2.22. The maximum absolute atomic E-state index is 5.68. The van der Waals surface area contributed by atoms with E-state index in [4.69, 9.17) is 5.73 Å². The molecule has 2 aromatic rings. The van der Waals surface area contributed by atoms with Crippen LogP contribution in [0.5, 0.6) is 0 Å². The van der Waals surface area contributed by atoms with Crippen molar-refractivity contribution < 1.29 is 0 Å². The van der Waals surface area contributed by atoms with E-state index in [2.05, 4.69) is 38.9 Å². The van der Waals surface area contributed by atoms with E-state index in [1.807, 2.05) is 7.05 Å². The molecule has 2 aromatic heterocycles. The number of aromatic nitrogens is 4. The first-order valence-electron chi connectivity index (χ1n) is 5.75. The minimum Gasteiger partial charge on any atom is -0.368 e. The summed E-state index contributed by atoms with van der Waals surface area (Å²) in [7, 11) is 2.01. The molecule has 0 aliphatic carbocycles. The number of hydrogen-bond donors (Lipinski definition) is 2. The van der Waals surface area contributed by atoms with Gasteiger partial charge in [-0.2, -0.15) is 15.1 Å². The molecule has 0 aliphatic heterocycles. The fourth-order valence-electron chi connectivity index (χ4n) is 1.69. The molecule has 3 N–H and O–H groups in total. The molecule has 0 aromatic carbocycles. The third kappa shape index (κ3) is 2.46. The van der Waals surface area contributed by atoms with Gasteiger partial charge in [0.15, 0.2) is 5.65 Å². The van der Waals surface area contributed by atoms with Crippen LogP contribution in [0.1, 0.15) is 20.3 Å². The molecule has 6 nitrogen and oxygen atoms in total. The van der Waals surface area contributed by atoms with Crippen LogP contribution in [0.3, 0.4) is 0 Å². The lowest BCUT2D eigenvalue weighted by atomic mass is 10.1. The number of nitrogens with zero attached hydrogens (tertiary/aromatic N) is 4. The van der Waals surface area contributed by atoms with Gasteiger partial charge in [-0.25, -0.2) is 0 Å². The van der Waals surface area contributed by atoms with Gasteiger partial charge < -0.3 is 10.6 Å². The maximum Gasteiger partial charge on any atom is 0.224 e. The van der Waals surface area contributed by atoms with Crippen LogP contribution in [0.15, 0.2) is 6.20 Å². The highest BCUT2D eigenvalue weighted by molar-refractivity contribution is 5.87. The van der Waals surface area contributed by atoms with Gasteiger partial charge in [0.25, 0.3) is 0 Å². The summed E-state index contributed by atoms with van der Waals surface area (Å²) in [5, 5.41) is 7.69. The largest absolute Gasteiger partial charge is 0.368 e. The maximum atomic E-state index is 5.68. The van der Waals surface area contributed by atoms with E-state index in [0.717, 1.165) is 24.2 Å². The van der Waals surface area contributed by atoms with Crippen molar-refractivity contribution in [2.24, 2.45) is 5.92 Å².